The molecule has 1 aromatic carbocycles. The van der Waals surface area contributed by atoms with Gasteiger partial charge in [-0.15, -0.1) is 0 Å². The molecule has 100 valence electrons. The van der Waals surface area contributed by atoms with E-state index < -0.39 is 5.97 Å². The van der Waals surface area contributed by atoms with Crippen LogP contribution in [0, 0.1) is 0 Å². The molecular formula is C12H13N3O3S. The fourth-order valence-corrected chi connectivity index (χ4v) is 2.40. The summed E-state index contributed by atoms with van der Waals surface area (Å²) < 4.78 is 5.37. The molecule has 1 amide bonds. The molecule has 0 fully saturated rings. The van der Waals surface area contributed by atoms with Crippen LogP contribution in [0.15, 0.2) is 18.2 Å². The Hall–Kier alpha value is -2.15. The topological polar surface area (TPSA) is 85.5 Å². The molecule has 2 aromatic rings. The SMILES string of the molecule is COC(=O)CN(C)C(=O)c1ccc2nc(N)sc2c1. The molecule has 0 radical (unpaired) electrons. The number of hydrogen-bond donors (Lipinski definition) is 1. The number of fused-ring (bicyclic) bond motifs is 1. The molecule has 0 bridgehead atoms. The summed E-state index contributed by atoms with van der Waals surface area (Å²) >= 11 is 1.32. The van der Waals surface area contributed by atoms with Crippen molar-refractivity contribution in [3.05, 3.63) is 23.8 Å². The lowest BCUT2D eigenvalue weighted by molar-refractivity contribution is -0.141. The smallest absolute Gasteiger partial charge is 0.325 e. The molecule has 0 saturated carbocycles. The number of nitrogen functional groups attached to an aromatic ring is 1. The van der Waals surface area contributed by atoms with E-state index in [4.69, 9.17) is 5.73 Å². The van der Waals surface area contributed by atoms with Crippen molar-refractivity contribution in [2.45, 2.75) is 0 Å². The van der Waals surface area contributed by atoms with Crippen LogP contribution in [0.1, 0.15) is 10.4 Å². The molecule has 1 heterocycles. The second kappa shape index (κ2) is 5.23. The Labute approximate surface area is 113 Å². The average molecular weight is 279 g/mol. The third-order valence-corrected chi connectivity index (χ3v) is 3.44. The third kappa shape index (κ3) is 2.82. The fraction of sp³-hybridized carbons (Fsp3) is 0.250. The zero-order valence-corrected chi connectivity index (χ0v) is 11.4. The Kier molecular flexibility index (Phi) is 3.66. The minimum absolute atomic E-state index is 0.0851. The molecule has 0 saturated heterocycles. The van der Waals surface area contributed by atoms with Gasteiger partial charge in [-0.2, -0.15) is 0 Å². The van der Waals surface area contributed by atoms with Gasteiger partial charge in [0.1, 0.15) is 6.54 Å². The summed E-state index contributed by atoms with van der Waals surface area (Å²) in [5.74, 6) is -0.710. The molecule has 0 spiro atoms. The number of ether oxygens (including phenoxy) is 1. The summed E-state index contributed by atoms with van der Waals surface area (Å²) in [6, 6.07) is 5.12. The summed E-state index contributed by atoms with van der Waals surface area (Å²) in [7, 11) is 2.83. The van der Waals surface area contributed by atoms with Gasteiger partial charge in [-0.3, -0.25) is 9.59 Å². The molecule has 7 heteroatoms. The summed E-state index contributed by atoms with van der Waals surface area (Å²) in [4.78, 5) is 28.7. The van der Waals surface area contributed by atoms with Gasteiger partial charge in [-0.05, 0) is 18.2 Å². The number of methoxy groups -OCH3 is 1. The normalized spacial score (nSPS) is 10.4. The van der Waals surface area contributed by atoms with Gasteiger partial charge in [0.05, 0.1) is 17.3 Å². The van der Waals surface area contributed by atoms with Crippen molar-refractivity contribution in [1.82, 2.24) is 9.88 Å². The highest BCUT2D eigenvalue weighted by atomic mass is 32.1. The number of benzene rings is 1. The van der Waals surface area contributed by atoms with Crippen LogP contribution < -0.4 is 5.73 Å². The molecule has 0 atom stereocenters. The minimum atomic E-state index is -0.459. The molecular weight excluding hydrogens is 266 g/mol. The maximum atomic E-state index is 12.1. The average Bonchev–Trinajstić information content (AvgIpc) is 2.76. The van der Waals surface area contributed by atoms with Gasteiger partial charge in [-0.1, -0.05) is 11.3 Å². The number of rotatable bonds is 3. The van der Waals surface area contributed by atoms with Crippen molar-refractivity contribution in [3.63, 3.8) is 0 Å². The lowest BCUT2D eigenvalue weighted by Gasteiger charge is -2.15. The molecule has 0 aliphatic heterocycles. The molecule has 2 rings (SSSR count). The van der Waals surface area contributed by atoms with E-state index in [1.54, 1.807) is 25.2 Å². The standard InChI is InChI=1S/C12H13N3O3S/c1-15(6-10(16)18-2)11(17)7-3-4-8-9(5-7)19-12(13)14-8/h3-5H,6H2,1-2H3,(H2,13,14). The van der Waals surface area contributed by atoms with E-state index in [1.807, 2.05) is 0 Å². The quantitative estimate of drug-likeness (QED) is 0.851. The molecule has 0 unspecified atom stereocenters. The van der Waals surface area contributed by atoms with E-state index >= 15 is 0 Å². The summed E-state index contributed by atoms with van der Waals surface area (Å²) in [5.41, 5.74) is 6.86. The van der Waals surface area contributed by atoms with E-state index in [0.717, 1.165) is 10.2 Å². The predicted octanol–water partition coefficient (Wildman–Crippen LogP) is 1.12. The number of amides is 1. The van der Waals surface area contributed by atoms with Crippen molar-refractivity contribution >= 4 is 38.6 Å². The maximum absolute atomic E-state index is 12.1. The highest BCUT2D eigenvalue weighted by Gasteiger charge is 2.16. The zero-order valence-electron chi connectivity index (χ0n) is 10.5. The lowest BCUT2D eigenvalue weighted by Crippen LogP contribution is -2.32. The molecule has 0 aliphatic rings. The van der Waals surface area contributed by atoms with Crippen LogP contribution in [-0.2, 0) is 9.53 Å². The van der Waals surface area contributed by atoms with Crippen molar-refractivity contribution < 1.29 is 14.3 Å². The van der Waals surface area contributed by atoms with E-state index in [2.05, 4.69) is 9.72 Å². The maximum Gasteiger partial charge on any atom is 0.325 e. The second-order valence-electron chi connectivity index (χ2n) is 3.97. The van der Waals surface area contributed by atoms with Gasteiger partial charge in [0.2, 0.25) is 0 Å². The number of thiazole rings is 1. The third-order valence-electron chi connectivity index (χ3n) is 2.59. The van der Waals surface area contributed by atoms with Crippen LogP contribution in [0.25, 0.3) is 10.2 Å². The Morgan fingerprint density at radius 2 is 2.21 bits per heavy atom. The first-order valence-corrected chi connectivity index (χ1v) is 6.31. The number of aromatic nitrogens is 1. The summed E-state index contributed by atoms with van der Waals surface area (Å²) in [6.07, 6.45) is 0. The Morgan fingerprint density at radius 3 is 2.89 bits per heavy atom. The number of esters is 1. The van der Waals surface area contributed by atoms with Gasteiger partial charge in [0, 0.05) is 12.6 Å². The van der Waals surface area contributed by atoms with Crippen LogP contribution in [0.2, 0.25) is 0 Å². The van der Waals surface area contributed by atoms with E-state index in [0.29, 0.717) is 10.7 Å². The Morgan fingerprint density at radius 1 is 1.47 bits per heavy atom. The van der Waals surface area contributed by atoms with Gasteiger partial charge >= 0.3 is 5.97 Å². The molecule has 1 aromatic heterocycles. The zero-order chi connectivity index (χ0) is 14.0. The highest BCUT2D eigenvalue weighted by Crippen LogP contribution is 2.24. The first kappa shape index (κ1) is 13.3. The number of likely N-dealkylation sites (N-methyl/N-ethyl adjacent to an activating group) is 1. The molecule has 0 aliphatic carbocycles. The largest absolute Gasteiger partial charge is 0.468 e. The summed E-state index contributed by atoms with van der Waals surface area (Å²) in [6.45, 7) is -0.0851. The van der Waals surface area contributed by atoms with Crippen molar-refractivity contribution in [1.29, 1.82) is 0 Å². The van der Waals surface area contributed by atoms with E-state index in [-0.39, 0.29) is 12.5 Å². The number of anilines is 1. The van der Waals surface area contributed by atoms with Crippen LogP contribution in [0.3, 0.4) is 0 Å². The first-order valence-electron chi connectivity index (χ1n) is 5.49. The Bertz CT molecular complexity index is 638. The second-order valence-corrected chi connectivity index (χ2v) is 5.03. The first-order chi connectivity index (χ1) is 9.01. The van der Waals surface area contributed by atoms with Crippen LogP contribution in [0.5, 0.6) is 0 Å². The van der Waals surface area contributed by atoms with Crippen molar-refractivity contribution in [2.75, 3.05) is 26.4 Å². The monoisotopic (exact) mass is 279 g/mol. The number of carbonyl (C=O) groups excluding carboxylic acids is 2. The highest BCUT2D eigenvalue weighted by molar-refractivity contribution is 7.22. The predicted molar refractivity (Wildman–Crippen MR) is 73.0 cm³/mol. The molecule has 2 N–H and O–H groups in total. The van der Waals surface area contributed by atoms with Crippen molar-refractivity contribution in [2.24, 2.45) is 0 Å². The number of nitrogens with zero attached hydrogens (tertiary/aromatic N) is 2. The van der Waals surface area contributed by atoms with Gasteiger partial charge in [0.15, 0.2) is 5.13 Å². The number of nitrogens with two attached hydrogens (primary N) is 1. The van der Waals surface area contributed by atoms with Crippen LogP contribution in [-0.4, -0.2) is 42.5 Å². The van der Waals surface area contributed by atoms with Crippen LogP contribution >= 0.6 is 11.3 Å². The summed E-state index contributed by atoms with van der Waals surface area (Å²) in [5, 5.41) is 0.461. The number of carbonyl (C=O) groups is 2. The van der Waals surface area contributed by atoms with Gasteiger partial charge in [-0.25, -0.2) is 4.98 Å². The van der Waals surface area contributed by atoms with Gasteiger partial charge < -0.3 is 15.4 Å². The molecule has 19 heavy (non-hydrogen) atoms. The van der Waals surface area contributed by atoms with Crippen LogP contribution in [0.4, 0.5) is 5.13 Å². The Balaban J connectivity index is 2.23. The number of hydrogen-bond acceptors (Lipinski definition) is 6. The van der Waals surface area contributed by atoms with Gasteiger partial charge in [0.25, 0.3) is 5.91 Å². The minimum Gasteiger partial charge on any atom is -0.468 e. The van der Waals surface area contributed by atoms with Crippen molar-refractivity contribution in [3.8, 4) is 0 Å². The lowest BCUT2D eigenvalue weighted by atomic mass is 10.2. The fourth-order valence-electron chi connectivity index (χ4n) is 1.63. The van der Waals surface area contributed by atoms with E-state index in [9.17, 15) is 9.59 Å². The van der Waals surface area contributed by atoms with E-state index in [1.165, 1.54) is 23.3 Å². The molecule has 6 nitrogen and oxygen atoms in total.